The third-order valence-electron chi connectivity index (χ3n) is 3.82. The summed E-state index contributed by atoms with van der Waals surface area (Å²) >= 11 is 2.00. The van der Waals surface area contributed by atoms with Crippen LogP contribution in [0.5, 0.6) is 0 Å². The minimum Gasteiger partial charge on any atom is -0.309 e. The van der Waals surface area contributed by atoms with E-state index in [1.807, 2.05) is 34.7 Å². The van der Waals surface area contributed by atoms with E-state index in [4.69, 9.17) is 0 Å². The summed E-state index contributed by atoms with van der Waals surface area (Å²) in [7, 11) is 0. The molecule has 0 aliphatic heterocycles. The summed E-state index contributed by atoms with van der Waals surface area (Å²) in [5.74, 6) is 0. The molecule has 1 N–H and O–H groups in total. The van der Waals surface area contributed by atoms with Crippen molar-refractivity contribution in [1.29, 1.82) is 0 Å². The monoisotopic (exact) mass is 261 g/mol. The second-order valence-corrected chi connectivity index (χ2v) is 5.97. The van der Waals surface area contributed by atoms with Crippen LogP contribution in [0.1, 0.15) is 24.8 Å². The van der Waals surface area contributed by atoms with E-state index < -0.39 is 0 Å². The van der Waals surface area contributed by atoms with Gasteiger partial charge < -0.3 is 5.32 Å². The van der Waals surface area contributed by atoms with Crippen LogP contribution in [0, 0.1) is 0 Å². The SMILES string of the molecule is CSC1CCCC1NCc1cnn2ccccc12. The van der Waals surface area contributed by atoms with Crippen molar-refractivity contribution in [1.82, 2.24) is 14.9 Å². The molecule has 0 radical (unpaired) electrons. The summed E-state index contributed by atoms with van der Waals surface area (Å²) in [5.41, 5.74) is 2.51. The zero-order valence-electron chi connectivity index (χ0n) is 10.7. The maximum atomic E-state index is 4.37. The first-order valence-corrected chi connectivity index (χ1v) is 7.84. The third kappa shape index (κ3) is 2.27. The van der Waals surface area contributed by atoms with Gasteiger partial charge in [0.05, 0.1) is 11.7 Å². The van der Waals surface area contributed by atoms with Gasteiger partial charge in [-0.05, 0) is 31.2 Å². The van der Waals surface area contributed by atoms with E-state index >= 15 is 0 Å². The number of aromatic nitrogens is 2. The molecule has 2 atom stereocenters. The molecule has 2 aromatic rings. The van der Waals surface area contributed by atoms with E-state index in [1.54, 1.807) is 0 Å². The first-order chi connectivity index (χ1) is 8.88. The van der Waals surface area contributed by atoms with Gasteiger partial charge in [0, 0.05) is 29.6 Å². The first-order valence-electron chi connectivity index (χ1n) is 6.56. The number of thioether (sulfide) groups is 1. The molecular formula is C14H19N3S. The lowest BCUT2D eigenvalue weighted by atomic mass is 10.2. The van der Waals surface area contributed by atoms with Crippen molar-refractivity contribution in [2.24, 2.45) is 0 Å². The largest absolute Gasteiger partial charge is 0.309 e. The molecule has 0 spiro atoms. The molecule has 1 aliphatic rings. The van der Waals surface area contributed by atoms with Crippen LogP contribution in [0.2, 0.25) is 0 Å². The smallest absolute Gasteiger partial charge is 0.0706 e. The Morgan fingerprint density at radius 3 is 3.28 bits per heavy atom. The molecule has 3 nitrogen and oxygen atoms in total. The Morgan fingerprint density at radius 2 is 2.39 bits per heavy atom. The molecule has 3 rings (SSSR count). The molecule has 2 unspecified atom stereocenters. The van der Waals surface area contributed by atoms with Crippen LogP contribution in [-0.2, 0) is 6.54 Å². The van der Waals surface area contributed by atoms with Crippen LogP contribution in [0.25, 0.3) is 5.52 Å². The van der Waals surface area contributed by atoms with Gasteiger partial charge in [-0.15, -0.1) is 0 Å². The summed E-state index contributed by atoms with van der Waals surface area (Å²) in [6, 6.07) is 6.88. The van der Waals surface area contributed by atoms with Crippen molar-refractivity contribution < 1.29 is 0 Å². The van der Waals surface area contributed by atoms with E-state index in [2.05, 4.69) is 28.8 Å². The highest BCUT2D eigenvalue weighted by Crippen LogP contribution is 2.28. The number of hydrogen-bond donors (Lipinski definition) is 1. The Balaban J connectivity index is 1.69. The van der Waals surface area contributed by atoms with E-state index in [9.17, 15) is 0 Å². The Labute approximate surface area is 112 Å². The molecule has 1 aliphatic carbocycles. The molecule has 0 saturated heterocycles. The Hall–Kier alpha value is -1.00. The van der Waals surface area contributed by atoms with Crippen LogP contribution in [-0.4, -0.2) is 27.2 Å². The second kappa shape index (κ2) is 5.33. The fourth-order valence-electron chi connectivity index (χ4n) is 2.81. The van der Waals surface area contributed by atoms with Gasteiger partial charge in [0.25, 0.3) is 0 Å². The molecule has 0 bridgehead atoms. The van der Waals surface area contributed by atoms with Crippen LogP contribution in [0.15, 0.2) is 30.6 Å². The fraction of sp³-hybridized carbons (Fsp3) is 0.500. The van der Waals surface area contributed by atoms with Gasteiger partial charge in [-0.1, -0.05) is 12.5 Å². The Bertz CT molecular complexity index is 522. The summed E-state index contributed by atoms with van der Waals surface area (Å²) in [4.78, 5) is 0. The third-order valence-corrected chi connectivity index (χ3v) is 4.99. The van der Waals surface area contributed by atoms with Gasteiger partial charge in [-0.2, -0.15) is 16.9 Å². The van der Waals surface area contributed by atoms with Crippen LogP contribution in [0.3, 0.4) is 0 Å². The number of nitrogens with zero attached hydrogens (tertiary/aromatic N) is 2. The van der Waals surface area contributed by atoms with Crippen LogP contribution < -0.4 is 5.32 Å². The molecule has 4 heteroatoms. The number of fused-ring (bicyclic) bond motifs is 1. The quantitative estimate of drug-likeness (QED) is 0.917. The van der Waals surface area contributed by atoms with Gasteiger partial charge in [-0.3, -0.25) is 0 Å². The highest BCUT2D eigenvalue weighted by Gasteiger charge is 2.25. The fourth-order valence-corrected chi connectivity index (χ4v) is 3.77. The van der Waals surface area contributed by atoms with Crippen molar-refractivity contribution >= 4 is 17.3 Å². The van der Waals surface area contributed by atoms with Crippen molar-refractivity contribution in [3.63, 3.8) is 0 Å². The normalized spacial score (nSPS) is 23.8. The molecule has 96 valence electrons. The standard InChI is InChI=1S/C14H19N3S/c1-18-14-7-4-5-12(14)15-9-11-10-16-17-8-3-2-6-13(11)17/h2-3,6,8,10,12,14-15H,4-5,7,9H2,1H3. The molecule has 1 saturated carbocycles. The molecule has 18 heavy (non-hydrogen) atoms. The summed E-state index contributed by atoms with van der Waals surface area (Å²) in [6.45, 7) is 0.926. The van der Waals surface area contributed by atoms with E-state index in [0.29, 0.717) is 6.04 Å². The minimum atomic E-state index is 0.665. The summed E-state index contributed by atoms with van der Waals surface area (Å²) in [5, 5.41) is 8.86. The molecule has 0 amide bonds. The predicted molar refractivity (Wildman–Crippen MR) is 77.0 cm³/mol. The maximum Gasteiger partial charge on any atom is 0.0706 e. The topological polar surface area (TPSA) is 29.3 Å². The maximum absolute atomic E-state index is 4.37. The van der Waals surface area contributed by atoms with Crippen molar-refractivity contribution in [2.45, 2.75) is 37.1 Å². The van der Waals surface area contributed by atoms with Gasteiger partial charge in [0.15, 0.2) is 0 Å². The van der Waals surface area contributed by atoms with Crippen LogP contribution in [0.4, 0.5) is 0 Å². The average Bonchev–Trinajstić information content (AvgIpc) is 3.02. The lowest BCUT2D eigenvalue weighted by molar-refractivity contribution is 0.533. The molecule has 1 fully saturated rings. The highest BCUT2D eigenvalue weighted by atomic mass is 32.2. The van der Waals surface area contributed by atoms with Gasteiger partial charge >= 0.3 is 0 Å². The number of rotatable bonds is 4. The lowest BCUT2D eigenvalue weighted by Crippen LogP contribution is -2.33. The van der Waals surface area contributed by atoms with E-state index in [-0.39, 0.29) is 0 Å². The first kappa shape index (κ1) is 12.1. The Morgan fingerprint density at radius 1 is 1.44 bits per heavy atom. The lowest BCUT2D eigenvalue weighted by Gasteiger charge is -2.18. The molecule has 0 aromatic carbocycles. The summed E-state index contributed by atoms with van der Waals surface area (Å²) in [6.07, 6.45) is 10.2. The predicted octanol–water partition coefficient (Wildman–Crippen LogP) is 2.71. The highest BCUT2D eigenvalue weighted by molar-refractivity contribution is 7.99. The second-order valence-electron chi connectivity index (χ2n) is 4.89. The number of hydrogen-bond acceptors (Lipinski definition) is 3. The van der Waals surface area contributed by atoms with Gasteiger partial charge in [0.1, 0.15) is 0 Å². The number of nitrogens with one attached hydrogen (secondary N) is 1. The Kier molecular flexibility index (Phi) is 3.57. The van der Waals surface area contributed by atoms with Gasteiger partial charge in [0.2, 0.25) is 0 Å². The van der Waals surface area contributed by atoms with Crippen LogP contribution >= 0.6 is 11.8 Å². The molecule has 2 heterocycles. The average molecular weight is 261 g/mol. The van der Waals surface area contributed by atoms with E-state index in [1.165, 1.54) is 30.3 Å². The number of pyridine rings is 1. The van der Waals surface area contributed by atoms with Crippen molar-refractivity contribution in [3.8, 4) is 0 Å². The zero-order chi connectivity index (χ0) is 12.4. The van der Waals surface area contributed by atoms with E-state index in [0.717, 1.165) is 11.8 Å². The molecule has 2 aromatic heterocycles. The minimum absolute atomic E-state index is 0.665. The zero-order valence-corrected chi connectivity index (χ0v) is 11.5. The van der Waals surface area contributed by atoms with Crippen molar-refractivity contribution in [3.05, 3.63) is 36.2 Å². The summed E-state index contributed by atoms with van der Waals surface area (Å²) < 4.78 is 1.94. The van der Waals surface area contributed by atoms with Gasteiger partial charge in [-0.25, -0.2) is 4.52 Å². The van der Waals surface area contributed by atoms with Crippen molar-refractivity contribution in [2.75, 3.05) is 6.26 Å². The molecular weight excluding hydrogens is 242 g/mol.